The van der Waals surface area contributed by atoms with Gasteiger partial charge in [0.05, 0.1) is 0 Å². The fourth-order valence-corrected chi connectivity index (χ4v) is 6.81. The number of aliphatic carboxylic acids is 1. The van der Waals surface area contributed by atoms with E-state index in [4.69, 9.17) is 28.3 Å². The molecule has 0 bridgehead atoms. The summed E-state index contributed by atoms with van der Waals surface area (Å²) in [6.45, 7) is 0. The minimum Gasteiger partial charge on any atom is -0.481 e. The number of carbonyl (C=O) groups is 1. The minimum atomic E-state index is -0.662. The van der Waals surface area contributed by atoms with Gasteiger partial charge in [-0.2, -0.15) is 0 Å². The van der Waals surface area contributed by atoms with E-state index in [0.29, 0.717) is 6.42 Å². The van der Waals surface area contributed by atoms with E-state index in [1.165, 1.54) is 103 Å². The molecule has 0 spiro atoms. The van der Waals surface area contributed by atoms with Crippen LogP contribution in [0.1, 0.15) is 128 Å². The first kappa shape index (κ1) is 24.3. The Morgan fingerprint density at radius 3 is 1.71 bits per heavy atom. The van der Waals surface area contributed by atoms with Crippen LogP contribution in [0.3, 0.4) is 0 Å². The molecule has 0 saturated heterocycles. The maximum Gasteiger partial charge on any atom is 0.303 e. The zero-order chi connectivity index (χ0) is 20.3. The molecule has 0 heterocycles. The molecule has 4 heteroatoms. The Bertz CT molecular complexity index is 446. The molecule has 0 aromatic carbocycles. The molecule has 0 aromatic heterocycles. The van der Waals surface area contributed by atoms with E-state index in [0.717, 1.165) is 25.2 Å². The predicted octanol–water partition coefficient (Wildman–Crippen LogP) is 8.68. The van der Waals surface area contributed by atoms with Gasteiger partial charge in [-0.3, -0.25) is 4.79 Å². The van der Waals surface area contributed by atoms with Gasteiger partial charge in [0, 0.05) is 11.8 Å². The molecule has 0 radical (unpaired) electrons. The summed E-state index contributed by atoms with van der Waals surface area (Å²) in [6, 6.07) is 0. The lowest BCUT2D eigenvalue weighted by atomic mass is 9.69. The second-order valence-electron chi connectivity index (χ2n) is 9.48. The van der Waals surface area contributed by atoms with Crippen molar-refractivity contribution < 1.29 is 9.90 Å². The number of hydrogen-bond acceptors (Lipinski definition) is 1. The molecule has 1 N–H and O–H groups in total. The van der Waals surface area contributed by atoms with Crippen LogP contribution in [0.5, 0.6) is 0 Å². The number of halogens is 2. The van der Waals surface area contributed by atoms with Crippen molar-refractivity contribution in [1.29, 1.82) is 0 Å². The molecular weight excluding hydrogens is 391 g/mol. The quantitative estimate of drug-likeness (QED) is 0.207. The molecular formula is C24H42Cl2O2. The summed E-state index contributed by atoms with van der Waals surface area (Å²) in [7, 11) is 0. The Morgan fingerprint density at radius 1 is 0.750 bits per heavy atom. The molecule has 2 rings (SSSR count). The van der Waals surface area contributed by atoms with Crippen molar-refractivity contribution in [3.05, 3.63) is 0 Å². The van der Waals surface area contributed by atoms with Crippen molar-refractivity contribution in [2.24, 2.45) is 11.3 Å². The van der Waals surface area contributed by atoms with Crippen molar-refractivity contribution >= 4 is 29.2 Å². The SMILES string of the molecule is O=C(O)CCCCCCCCCCCCCC1(C2CCCC2)CCCC1(Cl)Cl. The highest BCUT2D eigenvalue weighted by Crippen LogP contribution is 2.63. The van der Waals surface area contributed by atoms with E-state index in [-0.39, 0.29) is 5.41 Å². The normalized spacial score (nSPS) is 24.8. The number of alkyl halides is 2. The smallest absolute Gasteiger partial charge is 0.303 e. The van der Waals surface area contributed by atoms with Crippen molar-refractivity contribution in [2.45, 2.75) is 133 Å². The highest BCUT2D eigenvalue weighted by Gasteiger charge is 2.56. The van der Waals surface area contributed by atoms with E-state index in [2.05, 4.69) is 0 Å². The van der Waals surface area contributed by atoms with Gasteiger partial charge in [-0.05, 0) is 50.9 Å². The van der Waals surface area contributed by atoms with E-state index >= 15 is 0 Å². The molecule has 28 heavy (non-hydrogen) atoms. The van der Waals surface area contributed by atoms with Gasteiger partial charge in [0.2, 0.25) is 0 Å². The summed E-state index contributed by atoms with van der Waals surface area (Å²) >= 11 is 13.7. The lowest BCUT2D eigenvalue weighted by Crippen LogP contribution is -2.40. The Kier molecular flexibility index (Phi) is 11.0. The molecule has 0 aliphatic heterocycles. The summed E-state index contributed by atoms with van der Waals surface area (Å²) in [5.74, 6) is 0.102. The van der Waals surface area contributed by atoms with Gasteiger partial charge in [0.25, 0.3) is 0 Å². The molecule has 2 fully saturated rings. The first-order valence-electron chi connectivity index (χ1n) is 12.1. The van der Waals surface area contributed by atoms with Crippen molar-refractivity contribution in [3.63, 3.8) is 0 Å². The Hall–Kier alpha value is 0.0500. The van der Waals surface area contributed by atoms with E-state index in [1.807, 2.05) is 0 Å². The van der Waals surface area contributed by atoms with Crippen LogP contribution in [-0.4, -0.2) is 15.4 Å². The number of hydrogen-bond donors (Lipinski definition) is 1. The highest BCUT2D eigenvalue weighted by atomic mass is 35.5. The maximum absolute atomic E-state index is 10.5. The summed E-state index contributed by atoms with van der Waals surface area (Å²) in [5, 5.41) is 8.62. The van der Waals surface area contributed by atoms with Gasteiger partial charge in [0.15, 0.2) is 0 Å². The number of carboxylic acid groups (broad SMARTS) is 1. The standard InChI is InChI=1S/C24H42Cl2O2/c25-24(26)20-14-19-23(24,21-15-11-12-16-21)18-13-9-7-5-3-1-2-4-6-8-10-17-22(27)28/h21H,1-20H2,(H,27,28). The average Bonchev–Trinajstić information content (AvgIpc) is 3.27. The molecule has 164 valence electrons. The topological polar surface area (TPSA) is 37.3 Å². The fourth-order valence-electron chi connectivity index (χ4n) is 5.86. The maximum atomic E-state index is 10.5. The van der Waals surface area contributed by atoms with Crippen molar-refractivity contribution in [3.8, 4) is 0 Å². The Labute approximate surface area is 183 Å². The van der Waals surface area contributed by atoms with Gasteiger partial charge < -0.3 is 5.11 Å². The van der Waals surface area contributed by atoms with Crippen LogP contribution in [0.2, 0.25) is 0 Å². The summed E-state index contributed by atoms with van der Waals surface area (Å²) < 4.78 is -0.480. The van der Waals surface area contributed by atoms with E-state index < -0.39 is 10.3 Å². The van der Waals surface area contributed by atoms with Crippen molar-refractivity contribution in [2.75, 3.05) is 0 Å². The van der Waals surface area contributed by atoms with Crippen LogP contribution in [0, 0.1) is 11.3 Å². The summed E-state index contributed by atoms with van der Waals surface area (Å²) in [6.07, 6.45) is 24.1. The monoisotopic (exact) mass is 432 g/mol. The molecule has 2 nitrogen and oxygen atoms in total. The molecule has 2 aliphatic carbocycles. The Morgan fingerprint density at radius 2 is 1.25 bits per heavy atom. The van der Waals surface area contributed by atoms with E-state index in [9.17, 15) is 4.79 Å². The predicted molar refractivity (Wildman–Crippen MR) is 120 cm³/mol. The van der Waals surface area contributed by atoms with Gasteiger partial charge in [-0.25, -0.2) is 0 Å². The lowest BCUT2D eigenvalue weighted by molar-refractivity contribution is -0.137. The zero-order valence-electron chi connectivity index (χ0n) is 17.8. The first-order chi connectivity index (χ1) is 13.5. The lowest BCUT2D eigenvalue weighted by Gasteiger charge is -2.43. The third kappa shape index (κ3) is 7.38. The fraction of sp³-hybridized carbons (Fsp3) is 0.958. The second-order valence-corrected chi connectivity index (χ2v) is 11.0. The zero-order valence-corrected chi connectivity index (χ0v) is 19.3. The number of unbranched alkanes of at least 4 members (excludes halogenated alkanes) is 10. The summed E-state index contributed by atoms with van der Waals surface area (Å²) in [4.78, 5) is 10.5. The van der Waals surface area contributed by atoms with Crippen LogP contribution < -0.4 is 0 Å². The van der Waals surface area contributed by atoms with Crippen LogP contribution in [0.4, 0.5) is 0 Å². The largest absolute Gasteiger partial charge is 0.481 e. The van der Waals surface area contributed by atoms with Crippen LogP contribution in [-0.2, 0) is 4.79 Å². The Balaban J connectivity index is 1.50. The average molecular weight is 434 g/mol. The molecule has 1 atom stereocenters. The van der Waals surface area contributed by atoms with Crippen molar-refractivity contribution in [1.82, 2.24) is 0 Å². The van der Waals surface area contributed by atoms with Gasteiger partial charge in [-0.15, -0.1) is 23.2 Å². The van der Waals surface area contributed by atoms with Gasteiger partial charge in [0.1, 0.15) is 4.33 Å². The van der Waals surface area contributed by atoms with Gasteiger partial charge in [-0.1, -0.05) is 77.0 Å². The first-order valence-corrected chi connectivity index (χ1v) is 12.8. The molecule has 0 aromatic rings. The van der Waals surface area contributed by atoms with Crippen LogP contribution >= 0.6 is 23.2 Å². The third-order valence-electron chi connectivity index (χ3n) is 7.49. The molecule has 2 saturated carbocycles. The van der Waals surface area contributed by atoms with Gasteiger partial charge >= 0.3 is 5.97 Å². The van der Waals surface area contributed by atoms with Crippen LogP contribution in [0.15, 0.2) is 0 Å². The number of carboxylic acids is 1. The summed E-state index contributed by atoms with van der Waals surface area (Å²) in [5.41, 5.74) is 0.202. The highest BCUT2D eigenvalue weighted by molar-refractivity contribution is 6.49. The molecule has 2 aliphatic rings. The second kappa shape index (κ2) is 12.7. The third-order valence-corrected chi connectivity index (χ3v) is 8.62. The van der Waals surface area contributed by atoms with Crippen LogP contribution in [0.25, 0.3) is 0 Å². The molecule has 1 unspecified atom stereocenters. The minimum absolute atomic E-state index is 0.202. The van der Waals surface area contributed by atoms with E-state index in [1.54, 1.807) is 0 Å². The number of rotatable bonds is 15. The molecule has 0 amide bonds.